The molecule has 0 radical (unpaired) electrons. The molecule has 0 aromatic carbocycles. The van der Waals surface area contributed by atoms with Gasteiger partial charge in [-0.05, 0) is 33.6 Å². The van der Waals surface area contributed by atoms with E-state index in [1.54, 1.807) is 4.90 Å². The zero-order valence-electron chi connectivity index (χ0n) is 12.2. The number of nitrogens with zero attached hydrogens (tertiary/aromatic N) is 1. The van der Waals surface area contributed by atoms with Gasteiger partial charge >= 0.3 is 6.09 Å². The summed E-state index contributed by atoms with van der Waals surface area (Å²) in [6.07, 6.45) is -0.300. The summed E-state index contributed by atoms with van der Waals surface area (Å²) >= 11 is 0. The second kappa shape index (κ2) is 6.84. The second-order valence-corrected chi connectivity index (χ2v) is 5.36. The Balaban J connectivity index is 4.20. The Kier molecular flexibility index (Phi) is 6.53. The van der Waals surface area contributed by atoms with Crippen molar-refractivity contribution < 1.29 is 14.3 Å². The maximum Gasteiger partial charge on any atom is 0.409 e. The molecule has 0 fully saturated rings. The van der Waals surface area contributed by atoms with Gasteiger partial charge in [-0.1, -0.05) is 13.8 Å². The van der Waals surface area contributed by atoms with Gasteiger partial charge in [-0.25, -0.2) is 4.79 Å². The maximum absolute atomic E-state index is 11.5. The van der Waals surface area contributed by atoms with Gasteiger partial charge in [0.15, 0.2) is 0 Å². The largest absolute Gasteiger partial charge is 0.453 e. The zero-order valence-corrected chi connectivity index (χ0v) is 12.2. The Morgan fingerprint density at radius 2 is 1.76 bits per heavy atom. The van der Waals surface area contributed by atoms with E-state index in [4.69, 9.17) is 9.47 Å². The Bertz CT molecular complexity index is 237. The van der Waals surface area contributed by atoms with Crippen molar-refractivity contribution in [1.82, 2.24) is 4.90 Å². The number of amides is 1. The first-order valence-electron chi connectivity index (χ1n) is 6.21. The number of rotatable bonds is 6. The normalized spacial score (nSPS) is 12.1. The van der Waals surface area contributed by atoms with Crippen molar-refractivity contribution in [1.29, 1.82) is 0 Å². The van der Waals surface area contributed by atoms with Crippen molar-refractivity contribution >= 4 is 6.09 Å². The topological polar surface area (TPSA) is 38.8 Å². The highest BCUT2D eigenvalue weighted by Crippen LogP contribution is 2.20. The lowest BCUT2D eigenvalue weighted by atomic mass is 9.95. The number of carbonyl (C=O) groups is 1. The van der Waals surface area contributed by atoms with Crippen LogP contribution in [-0.4, -0.2) is 42.9 Å². The second-order valence-electron chi connectivity index (χ2n) is 5.36. The average Bonchev–Trinajstić information content (AvgIpc) is 2.22. The van der Waals surface area contributed by atoms with Gasteiger partial charge in [-0.2, -0.15) is 0 Å². The van der Waals surface area contributed by atoms with Crippen LogP contribution in [-0.2, 0) is 9.47 Å². The molecule has 0 aromatic rings. The first-order valence-corrected chi connectivity index (χ1v) is 6.21. The van der Waals surface area contributed by atoms with Crippen LogP contribution in [0.4, 0.5) is 4.79 Å². The van der Waals surface area contributed by atoms with Gasteiger partial charge in [-0.15, -0.1) is 0 Å². The van der Waals surface area contributed by atoms with Crippen LogP contribution >= 0.6 is 0 Å². The molecule has 0 aliphatic carbocycles. The van der Waals surface area contributed by atoms with Crippen LogP contribution in [0.3, 0.4) is 0 Å². The number of hydrogen-bond acceptors (Lipinski definition) is 3. The smallest absolute Gasteiger partial charge is 0.409 e. The van der Waals surface area contributed by atoms with Gasteiger partial charge in [-0.3, -0.25) is 0 Å². The summed E-state index contributed by atoms with van der Waals surface area (Å²) in [7, 11) is 1.40. The van der Waals surface area contributed by atoms with Gasteiger partial charge in [0.05, 0.1) is 19.3 Å². The monoisotopic (exact) mass is 245 g/mol. The quantitative estimate of drug-likeness (QED) is 0.722. The minimum absolute atomic E-state index is 0.119. The van der Waals surface area contributed by atoms with Crippen molar-refractivity contribution in [2.75, 3.05) is 20.3 Å². The lowest BCUT2D eigenvalue weighted by Gasteiger charge is -2.32. The molecule has 4 nitrogen and oxygen atoms in total. The molecule has 4 heteroatoms. The van der Waals surface area contributed by atoms with Crippen molar-refractivity contribution in [3.8, 4) is 0 Å². The molecule has 0 aromatic heterocycles. The van der Waals surface area contributed by atoms with E-state index in [2.05, 4.69) is 27.7 Å². The van der Waals surface area contributed by atoms with Crippen LogP contribution in [0.25, 0.3) is 0 Å². The zero-order chi connectivity index (χ0) is 13.6. The molecule has 0 rings (SSSR count). The highest BCUT2D eigenvalue weighted by atomic mass is 16.5. The molecular weight excluding hydrogens is 218 g/mol. The van der Waals surface area contributed by atoms with Gasteiger partial charge in [0.2, 0.25) is 0 Å². The summed E-state index contributed by atoms with van der Waals surface area (Å²) in [5.74, 6) is 0.438. The molecule has 0 heterocycles. The molecule has 0 atom stereocenters. The Labute approximate surface area is 105 Å². The van der Waals surface area contributed by atoms with Crippen LogP contribution in [0.2, 0.25) is 0 Å². The third kappa shape index (κ3) is 5.39. The lowest BCUT2D eigenvalue weighted by molar-refractivity contribution is -0.0573. The molecular formula is C13H27NO3. The molecule has 0 N–H and O–H groups in total. The predicted molar refractivity (Wildman–Crippen MR) is 69.1 cm³/mol. The number of carbonyl (C=O) groups excluding carboxylic acids is 1. The fraction of sp³-hybridized carbons (Fsp3) is 0.923. The fourth-order valence-corrected chi connectivity index (χ4v) is 1.25. The van der Waals surface area contributed by atoms with E-state index in [1.165, 1.54) is 7.11 Å². The summed E-state index contributed by atoms with van der Waals surface area (Å²) < 4.78 is 10.6. The van der Waals surface area contributed by atoms with Crippen molar-refractivity contribution in [2.45, 2.75) is 53.2 Å². The van der Waals surface area contributed by atoms with Gasteiger partial charge in [0.25, 0.3) is 0 Å². The maximum atomic E-state index is 11.5. The molecule has 0 aliphatic rings. The molecule has 102 valence electrons. The Hall–Kier alpha value is -0.770. The van der Waals surface area contributed by atoms with E-state index in [0.29, 0.717) is 19.1 Å². The number of ether oxygens (including phenoxy) is 2. The van der Waals surface area contributed by atoms with E-state index in [9.17, 15) is 4.79 Å². The molecule has 0 unspecified atom stereocenters. The van der Waals surface area contributed by atoms with E-state index >= 15 is 0 Å². The van der Waals surface area contributed by atoms with Crippen LogP contribution < -0.4 is 0 Å². The van der Waals surface area contributed by atoms with Gasteiger partial charge in [0.1, 0.15) is 0 Å². The molecule has 17 heavy (non-hydrogen) atoms. The molecule has 0 saturated carbocycles. The minimum atomic E-state index is -0.300. The SMILES string of the molecule is COC(=O)N(CCOC(C)(C)C(C)C)C(C)C. The van der Waals surface area contributed by atoms with E-state index in [1.807, 2.05) is 13.8 Å². The van der Waals surface area contributed by atoms with Gasteiger partial charge < -0.3 is 14.4 Å². The van der Waals surface area contributed by atoms with Crippen LogP contribution in [0.5, 0.6) is 0 Å². The third-order valence-electron chi connectivity index (χ3n) is 3.23. The van der Waals surface area contributed by atoms with Crippen LogP contribution in [0, 0.1) is 5.92 Å². The Morgan fingerprint density at radius 3 is 2.12 bits per heavy atom. The highest BCUT2D eigenvalue weighted by molar-refractivity contribution is 5.67. The third-order valence-corrected chi connectivity index (χ3v) is 3.23. The summed E-state index contributed by atoms with van der Waals surface area (Å²) in [6, 6.07) is 0.119. The number of methoxy groups -OCH3 is 1. The molecule has 1 amide bonds. The van der Waals surface area contributed by atoms with E-state index in [-0.39, 0.29) is 17.7 Å². The number of hydrogen-bond donors (Lipinski definition) is 0. The van der Waals surface area contributed by atoms with Crippen molar-refractivity contribution in [3.05, 3.63) is 0 Å². The van der Waals surface area contributed by atoms with Crippen LogP contribution in [0.1, 0.15) is 41.5 Å². The average molecular weight is 245 g/mol. The fourth-order valence-electron chi connectivity index (χ4n) is 1.25. The lowest BCUT2D eigenvalue weighted by Crippen LogP contribution is -2.41. The summed E-state index contributed by atoms with van der Waals surface area (Å²) in [4.78, 5) is 13.2. The summed E-state index contributed by atoms with van der Waals surface area (Å²) in [6.45, 7) is 13.4. The first kappa shape index (κ1) is 16.2. The molecule has 0 saturated heterocycles. The van der Waals surface area contributed by atoms with Crippen LogP contribution in [0.15, 0.2) is 0 Å². The predicted octanol–water partition coefficient (Wildman–Crippen LogP) is 2.91. The van der Waals surface area contributed by atoms with E-state index in [0.717, 1.165) is 0 Å². The first-order chi connectivity index (χ1) is 7.72. The highest BCUT2D eigenvalue weighted by Gasteiger charge is 2.24. The summed E-state index contributed by atoms with van der Waals surface area (Å²) in [5.41, 5.74) is -0.168. The van der Waals surface area contributed by atoms with Gasteiger partial charge in [0, 0.05) is 12.6 Å². The molecule has 0 spiro atoms. The molecule has 0 aliphatic heterocycles. The van der Waals surface area contributed by atoms with E-state index < -0.39 is 0 Å². The standard InChI is InChI=1S/C13H27NO3/c1-10(2)13(5,6)17-9-8-14(11(3)4)12(15)16-7/h10-11H,8-9H2,1-7H3. The van der Waals surface area contributed by atoms with Crippen molar-refractivity contribution in [2.24, 2.45) is 5.92 Å². The van der Waals surface area contributed by atoms with Crippen molar-refractivity contribution in [3.63, 3.8) is 0 Å². The summed E-state index contributed by atoms with van der Waals surface area (Å²) in [5, 5.41) is 0. The molecule has 0 bridgehead atoms. The minimum Gasteiger partial charge on any atom is -0.453 e. The Morgan fingerprint density at radius 1 is 1.24 bits per heavy atom.